The number of ether oxygens (including phenoxy) is 1. The number of amides is 2. The van der Waals surface area contributed by atoms with Gasteiger partial charge in [-0.15, -0.1) is 0 Å². The van der Waals surface area contributed by atoms with Crippen molar-refractivity contribution in [3.8, 4) is 0 Å². The normalized spacial score (nSPS) is 16.5. The van der Waals surface area contributed by atoms with E-state index < -0.39 is 5.97 Å². The second kappa shape index (κ2) is 10.5. The summed E-state index contributed by atoms with van der Waals surface area (Å²) < 4.78 is 5.58. The fraction of sp³-hybridized carbons (Fsp3) is 0.357. The number of para-hydroxylation sites is 1. The van der Waals surface area contributed by atoms with Gasteiger partial charge in [0.15, 0.2) is 6.61 Å². The highest BCUT2D eigenvalue weighted by Gasteiger charge is 2.29. The van der Waals surface area contributed by atoms with E-state index in [0.29, 0.717) is 38.0 Å². The van der Waals surface area contributed by atoms with Gasteiger partial charge in [0, 0.05) is 61.7 Å². The van der Waals surface area contributed by atoms with E-state index >= 15 is 0 Å². The molecular formula is C28H30N4O4. The van der Waals surface area contributed by atoms with E-state index in [0.717, 1.165) is 41.7 Å². The molecule has 36 heavy (non-hydrogen) atoms. The van der Waals surface area contributed by atoms with Crippen LogP contribution in [0, 0.1) is 5.92 Å². The van der Waals surface area contributed by atoms with Gasteiger partial charge >= 0.3 is 5.97 Å². The van der Waals surface area contributed by atoms with Gasteiger partial charge in [-0.05, 0) is 24.5 Å². The lowest BCUT2D eigenvalue weighted by Gasteiger charge is -2.31. The van der Waals surface area contributed by atoms with Crippen molar-refractivity contribution in [3.63, 3.8) is 0 Å². The fourth-order valence-corrected chi connectivity index (χ4v) is 5.16. The molecule has 1 fully saturated rings. The number of rotatable bonds is 6. The molecule has 2 aliphatic rings. The van der Waals surface area contributed by atoms with Crippen LogP contribution in [-0.2, 0) is 33.8 Å². The maximum Gasteiger partial charge on any atom is 0.339 e. The van der Waals surface area contributed by atoms with Gasteiger partial charge in [-0.3, -0.25) is 19.5 Å². The molecule has 0 radical (unpaired) electrons. The Hall–Kier alpha value is -3.78. The first kappa shape index (κ1) is 23.9. The van der Waals surface area contributed by atoms with Gasteiger partial charge in [0.25, 0.3) is 5.91 Å². The quantitative estimate of drug-likeness (QED) is 0.537. The zero-order valence-corrected chi connectivity index (χ0v) is 20.2. The van der Waals surface area contributed by atoms with Gasteiger partial charge in [-0.1, -0.05) is 48.5 Å². The van der Waals surface area contributed by atoms with Crippen LogP contribution < -0.4 is 5.73 Å². The third-order valence-corrected chi connectivity index (χ3v) is 7.16. The van der Waals surface area contributed by atoms with E-state index in [1.165, 1.54) is 5.56 Å². The number of primary amides is 1. The molecule has 0 unspecified atom stereocenters. The first-order valence-corrected chi connectivity index (χ1v) is 12.4. The molecule has 2 aliphatic heterocycles. The molecule has 1 aromatic heterocycles. The molecule has 0 saturated carbocycles. The van der Waals surface area contributed by atoms with Crippen molar-refractivity contribution >= 4 is 28.7 Å². The van der Waals surface area contributed by atoms with Crippen LogP contribution in [0.5, 0.6) is 0 Å². The summed E-state index contributed by atoms with van der Waals surface area (Å²) in [5.41, 5.74) is 9.62. The van der Waals surface area contributed by atoms with Gasteiger partial charge in [0.1, 0.15) is 0 Å². The van der Waals surface area contributed by atoms with Gasteiger partial charge in [-0.2, -0.15) is 0 Å². The number of aromatic nitrogens is 1. The van der Waals surface area contributed by atoms with Crippen LogP contribution in [-0.4, -0.2) is 58.8 Å². The molecule has 2 amide bonds. The largest absolute Gasteiger partial charge is 0.452 e. The van der Waals surface area contributed by atoms with Crippen LogP contribution in [0.3, 0.4) is 0 Å². The molecule has 0 bridgehead atoms. The Kier molecular flexibility index (Phi) is 6.95. The first-order chi connectivity index (χ1) is 17.5. The highest BCUT2D eigenvalue weighted by Crippen LogP contribution is 2.29. The number of piperidine rings is 1. The van der Waals surface area contributed by atoms with E-state index in [1.807, 2.05) is 42.5 Å². The summed E-state index contributed by atoms with van der Waals surface area (Å²) in [5, 5.41) is 0.734. The summed E-state index contributed by atoms with van der Waals surface area (Å²) in [6, 6.07) is 17.8. The van der Waals surface area contributed by atoms with Crippen molar-refractivity contribution < 1.29 is 19.1 Å². The Morgan fingerprint density at radius 2 is 1.69 bits per heavy atom. The SMILES string of the molecule is NC(=O)C1CCN(C(=O)COC(=O)c2c3c(nc4ccccc24)CCN(Cc2ccccc2)C3)CC1. The number of fused-ring (bicyclic) bond motifs is 2. The van der Waals surface area contributed by atoms with E-state index in [4.69, 9.17) is 15.5 Å². The number of nitrogens with two attached hydrogens (primary N) is 1. The predicted octanol–water partition coefficient (Wildman–Crippen LogP) is 2.67. The maximum absolute atomic E-state index is 13.4. The van der Waals surface area contributed by atoms with Crippen molar-refractivity contribution in [3.05, 3.63) is 77.0 Å². The summed E-state index contributed by atoms with van der Waals surface area (Å²) >= 11 is 0. The second-order valence-corrected chi connectivity index (χ2v) is 9.51. The number of esters is 1. The highest BCUT2D eigenvalue weighted by molar-refractivity contribution is 6.05. The number of likely N-dealkylation sites (tertiary alicyclic amines) is 1. The van der Waals surface area contributed by atoms with Gasteiger partial charge in [-0.25, -0.2) is 4.79 Å². The average molecular weight is 487 g/mol. The number of hydrogen-bond donors (Lipinski definition) is 1. The minimum absolute atomic E-state index is 0.204. The number of pyridine rings is 1. The Balaban J connectivity index is 1.34. The molecule has 0 aliphatic carbocycles. The third-order valence-electron chi connectivity index (χ3n) is 7.16. The molecule has 3 aromatic rings. The number of benzene rings is 2. The van der Waals surface area contributed by atoms with Gasteiger partial charge in [0.05, 0.1) is 11.1 Å². The Morgan fingerprint density at radius 3 is 2.44 bits per heavy atom. The standard InChI is InChI=1S/C28H30N4O4/c29-27(34)20-10-14-32(15-11-20)25(33)18-36-28(35)26-21-8-4-5-9-23(21)30-24-12-13-31(17-22(24)26)16-19-6-2-1-3-7-19/h1-9,20H,10-18H2,(H2,29,34). The Bertz CT molecular complexity index is 1290. The summed E-state index contributed by atoms with van der Waals surface area (Å²) in [4.78, 5) is 46.3. The lowest BCUT2D eigenvalue weighted by molar-refractivity contribution is -0.137. The fourth-order valence-electron chi connectivity index (χ4n) is 5.16. The Morgan fingerprint density at radius 1 is 0.972 bits per heavy atom. The van der Waals surface area contributed by atoms with E-state index in [1.54, 1.807) is 4.90 Å². The number of carbonyl (C=O) groups excluding carboxylic acids is 3. The first-order valence-electron chi connectivity index (χ1n) is 12.4. The Labute approximate surface area is 210 Å². The topological polar surface area (TPSA) is 106 Å². The van der Waals surface area contributed by atoms with Crippen LogP contribution in [0.2, 0.25) is 0 Å². The second-order valence-electron chi connectivity index (χ2n) is 9.51. The van der Waals surface area contributed by atoms with Crippen molar-refractivity contribution in [1.82, 2.24) is 14.8 Å². The predicted molar refractivity (Wildman–Crippen MR) is 135 cm³/mol. The monoisotopic (exact) mass is 486 g/mol. The molecule has 8 nitrogen and oxygen atoms in total. The van der Waals surface area contributed by atoms with Crippen LogP contribution >= 0.6 is 0 Å². The van der Waals surface area contributed by atoms with Crippen LogP contribution in [0.4, 0.5) is 0 Å². The zero-order chi connectivity index (χ0) is 25.1. The van der Waals surface area contributed by atoms with E-state index in [9.17, 15) is 14.4 Å². The minimum Gasteiger partial charge on any atom is -0.452 e. The van der Waals surface area contributed by atoms with Crippen molar-refractivity contribution in [2.75, 3.05) is 26.2 Å². The number of nitrogens with zero attached hydrogens (tertiary/aromatic N) is 3. The minimum atomic E-state index is -0.508. The lowest BCUT2D eigenvalue weighted by atomic mass is 9.95. The molecule has 8 heteroatoms. The molecule has 0 atom stereocenters. The molecule has 2 N–H and O–H groups in total. The van der Waals surface area contributed by atoms with E-state index in [-0.39, 0.29) is 24.3 Å². The van der Waals surface area contributed by atoms with Gasteiger partial charge in [0.2, 0.25) is 5.91 Å². The lowest BCUT2D eigenvalue weighted by Crippen LogP contribution is -2.43. The average Bonchev–Trinajstić information content (AvgIpc) is 2.91. The molecular weight excluding hydrogens is 456 g/mol. The number of carbonyl (C=O) groups is 3. The highest BCUT2D eigenvalue weighted by atomic mass is 16.5. The third kappa shape index (κ3) is 5.09. The zero-order valence-electron chi connectivity index (χ0n) is 20.2. The molecule has 3 heterocycles. The van der Waals surface area contributed by atoms with Crippen molar-refractivity contribution in [1.29, 1.82) is 0 Å². The van der Waals surface area contributed by atoms with Crippen LogP contribution in [0.1, 0.15) is 40.0 Å². The van der Waals surface area contributed by atoms with Gasteiger partial charge < -0.3 is 15.4 Å². The molecule has 1 saturated heterocycles. The molecule has 0 spiro atoms. The van der Waals surface area contributed by atoms with Crippen LogP contribution in [0.25, 0.3) is 10.9 Å². The van der Waals surface area contributed by atoms with Crippen molar-refractivity contribution in [2.24, 2.45) is 11.7 Å². The summed E-state index contributed by atoms with van der Waals surface area (Å²) in [7, 11) is 0. The summed E-state index contributed by atoms with van der Waals surface area (Å²) in [6.45, 7) is 2.75. The smallest absolute Gasteiger partial charge is 0.339 e. The van der Waals surface area contributed by atoms with Crippen LogP contribution in [0.15, 0.2) is 54.6 Å². The molecule has 186 valence electrons. The number of hydrogen-bond acceptors (Lipinski definition) is 6. The summed E-state index contributed by atoms with van der Waals surface area (Å²) in [6.07, 6.45) is 1.81. The molecule has 2 aromatic carbocycles. The van der Waals surface area contributed by atoms with E-state index in [2.05, 4.69) is 17.0 Å². The summed E-state index contributed by atoms with van der Waals surface area (Å²) in [5.74, 6) is -1.30. The maximum atomic E-state index is 13.4. The van der Waals surface area contributed by atoms with Crippen molar-refractivity contribution in [2.45, 2.75) is 32.4 Å². The molecule has 5 rings (SSSR count).